The van der Waals surface area contributed by atoms with Gasteiger partial charge in [-0.2, -0.15) is 5.10 Å². The third kappa shape index (κ3) is 3.23. The van der Waals surface area contributed by atoms with Gasteiger partial charge in [0.25, 0.3) is 11.5 Å². The summed E-state index contributed by atoms with van der Waals surface area (Å²) in [7, 11) is 0. The number of carbonyl (C=O) groups is 1. The van der Waals surface area contributed by atoms with Crippen LogP contribution in [-0.4, -0.2) is 42.4 Å². The van der Waals surface area contributed by atoms with Gasteiger partial charge in [0.05, 0.1) is 17.9 Å². The lowest BCUT2D eigenvalue weighted by molar-refractivity contribution is 0.0951. The summed E-state index contributed by atoms with van der Waals surface area (Å²) in [6, 6.07) is 8.64. The number of nitrogens with zero attached hydrogens (tertiary/aromatic N) is 6. The van der Waals surface area contributed by atoms with Gasteiger partial charge >= 0.3 is 0 Å². The van der Waals surface area contributed by atoms with Gasteiger partial charge in [-0.1, -0.05) is 6.07 Å². The molecule has 2 heterocycles. The molecule has 0 bridgehead atoms. The molecule has 0 spiro atoms. The number of hydrogen-bond acceptors (Lipinski definition) is 6. The zero-order valence-electron chi connectivity index (χ0n) is 14.0. The Kier molecular flexibility index (Phi) is 4.26. The van der Waals surface area contributed by atoms with Crippen molar-refractivity contribution in [2.75, 3.05) is 6.54 Å². The van der Waals surface area contributed by atoms with Crippen molar-refractivity contribution in [3.05, 3.63) is 63.8 Å². The van der Waals surface area contributed by atoms with Crippen molar-refractivity contribution < 1.29 is 4.79 Å². The second-order valence-electron chi connectivity index (χ2n) is 6.09. The molecular formula is C17H17N7O2. The average Bonchev–Trinajstić information content (AvgIpc) is 3.33. The third-order valence-electron chi connectivity index (χ3n) is 4.35. The Labute approximate surface area is 148 Å². The van der Waals surface area contributed by atoms with E-state index in [2.05, 4.69) is 25.9 Å². The molecule has 0 saturated carbocycles. The zero-order valence-corrected chi connectivity index (χ0v) is 14.0. The van der Waals surface area contributed by atoms with E-state index in [-0.39, 0.29) is 11.5 Å². The van der Waals surface area contributed by atoms with Crippen molar-refractivity contribution in [3.63, 3.8) is 0 Å². The van der Waals surface area contributed by atoms with Crippen LogP contribution in [0.3, 0.4) is 0 Å². The molecule has 132 valence electrons. The van der Waals surface area contributed by atoms with Gasteiger partial charge in [-0.25, -0.2) is 9.36 Å². The Bertz CT molecular complexity index is 995. The van der Waals surface area contributed by atoms with E-state index in [1.54, 1.807) is 30.3 Å². The van der Waals surface area contributed by atoms with E-state index in [4.69, 9.17) is 0 Å². The molecule has 0 fully saturated rings. The molecule has 1 aliphatic carbocycles. The van der Waals surface area contributed by atoms with Crippen molar-refractivity contribution in [2.45, 2.75) is 25.8 Å². The first-order valence-electron chi connectivity index (χ1n) is 8.42. The molecule has 0 radical (unpaired) electrons. The molecule has 0 atom stereocenters. The summed E-state index contributed by atoms with van der Waals surface area (Å²) in [4.78, 5) is 24.4. The van der Waals surface area contributed by atoms with Crippen molar-refractivity contribution in [2.24, 2.45) is 0 Å². The predicted molar refractivity (Wildman–Crippen MR) is 92.0 cm³/mol. The molecule has 0 saturated heterocycles. The summed E-state index contributed by atoms with van der Waals surface area (Å²) in [5, 5.41) is 18.2. The molecule has 26 heavy (non-hydrogen) atoms. The Balaban J connectivity index is 1.40. The number of tetrazole rings is 1. The molecule has 9 nitrogen and oxygen atoms in total. The number of hydrogen-bond donors (Lipinski definition) is 1. The van der Waals surface area contributed by atoms with E-state index in [0.717, 1.165) is 30.5 Å². The minimum atomic E-state index is -0.228. The lowest BCUT2D eigenvalue weighted by atomic mass is 10.2. The SMILES string of the molecule is O=C(NCCn1nc2c(cc1=O)CCC2)c1cccc(-n2cnnn2)c1. The third-order valence-corrected chi connectivity index (χ3v) is 4.35. The first kappa shape index (κ1) is 16.1. The summed E-state index contributed by atoms with van der Waals surface area (Å²) in [6.45, 7) is 0.657. The van der Waals surface area contributed by atoms with Gasteiger partial charge in [0.2, 0.25) is 0 Å². The van der Waals surface area contributed by atoms with Crippen LogP contribution in [0, 0.1) is 0 Å². The number of aromatic nitrogens is 6. The molecule has 0 aliphatic heterocycles. The van der Waals surface area contributed by atoms with Crippen LogP contribution in [0.5, 0.6) is 0 Å². The number of carbonyl (C=O) groups excluding carboxylic acids is 1. The maximum Gasteiger partial charge on any atom is 0.267 e. The largest absolute Gasteiger partial charge is 0.350 e. The van der Waals surface area contributed by atoms with Crippen LogP contribution in [0.15, 0.2) is 41.5 Å². The van der Waals surface area contributed by atoms with Gasteiger partial charge in [-0.05, 0) is 53.5 Å². The first-order valence-corrected chi connectivity index (χ1v) is 8.42. The quantitative estimate of drug-likeness (QED) is 0.700. The molecular weight excluding hydrogens is 334 g/mol. The Morgan fingerprint density at radius 2 is 2.15 bits per heavy atom. The summed E-state index contributed by atoms with van der Waals surface area (Å²) in [5.41, 5.74) is 3.10. The number of rotatable bonds is 5. The molecule has 0 unspecified atom stereocenters. The molecule has 3 aromatic rings. The van der Waals surface area contributed by atoms with Gasteiger partial charge in [-0.3, -0.25) is 9.59 Å². The molecule has 9 heteroatoms. The second kappa shape index (κ2) is 6.87. The van der Waals surface area contributed by atoms with Gasteiger partial charge in [0.15, 0.2) is 0 Å². The fourth-order valence-corrected chi connectivity index (χ4v) is 3.05. The predicted octanol–water partition coefficient (Wildman–Crippen LogP) is 0.138. The second-order valence-corrected chi connectivity index (χ2v) is 6.09. The Hall–Kier alpha value is -3.36. The van der Waals surface area contributed by atoms with E-state index >= 15 is 0 Å². The lowest BCUT2D eigenvalue weighted by Gasteiger charge is -2.09. The highest BCUT2D eigenvalue weighted by Gasteiger charge is 2.14. The minimum Gasteiger partial charge on any atom is -0.350 e. The topological polar surface area (TPSA) is 108 Å². The highest BCUT2D eigenvalue weighted by Crippen LogP contribution is 2.16. The first-order chi connectivity index (χ1) is 12.7. The summed E-state index contributed by atoms with van der Waals surface area (Å²) in [6.07, 6.45) is 4.34. The average molecular weight is 351 g/mol. The molecule has 2 aromatic heterocycles. The van der Waals surface area contributed by atoms with Crippen LogP contribution < -0.4 is 10.9 Å². The zero-order chi connectivity index (χ0) is 17.9. The van der Waals surface area contributed by atoms with E-state index in [1.165, 1.54) is 15.7 Å². The summed E-state index contributed by atoms with van der Waals surface area (Å²) < 4.78 is 2.90. The van der Waals surface area contributed by atoms with Crippen LogP contribution in [0.4, 0.5) is 0 Å². The van der Waals surface area contributed by atoms with Crippen LogP contribution in [-0.2, 0) is 19.4 Å². The van der Waals surface area contributed by atoms with Gasteiger partial charge in [-0.15, -0.1) is 5.10 Å². The monoisotopic (exact) mass is 351 g/mol. The summed E-state index contributed by atoms with van der Waals surface area (Å²) >= 11 is 0. The van der Waals surface area contributed by atoms with E-state index in [0.29, 0.717) is 24.3 Å². The van der Waals surface area contributed by atoms with Gasteiger partial charge < -0.3 is 5.32 Å². The Morgan fingerprint density at radius 1 is 1.23 bits per heavy atom. The smallest absolute Gasteiger partial charge is 0.267 e. The number of nitrogens with one attached hydrogen (secondary N) is 1. The van der Waals surface area contributed by atoms with Crippen molar-refractivity contribution in [1.82, 2.24) is 35.3 Å². The van der Waals surface area contributed by atoms with Crippen LogP contribution in [0.25, 0.3) is 5.69 Å². The van der Waals surface area contributed by atoms with E-state index in [1.807, 2.05) is 0 Å². The van der Waals surface area contributed by atoms with Crippen molar-refractivity contribution in [3.8, 4) is 5.69 Å². The van der Waals surface area contributed by atoms with Crippen molar-refractivity contribution >= 4 is 5.91 Å². The number of aryl methyl sites for hydroxylation is 2. The molecule has 1 aliphatic rings. The Morgan fingerprint density at radius 3 is 3.00 bits per heavy atom. The normalized spacial score (nSPS) is 12.8. The molecule has 1 N–H and O–H groups in total. The highest BCUT2D eigenvalue weighted by molar-refractivity contribution is 5.94. The minimum absolute atomic E-state index is 0.124. The maximum atomic E-state index is 12.3. The molecule has 4 rings (SSSR count). The summed E-state index contributed by atoms with van der Waals surface area (Å²) in [5.74, 6) is -0.228. The molecule has 1 amide bonds. The highest BCUT2D eigenvalue weighted by atomic mass is 16.2. The van der Waals surface area contributed by atoms with E-state index in [9.17, 15) is 9.59 Å². The molecule has 1 aromatic carbocycles. The fraction of sp³-hybridized carbons (Fsp3) is 0.294. The standard InChI is InChI=1S/C17H17N7O2/c25-16-10-12-3-2-6-15(12)20-23(16)8-7-18-17(26)13-4-1-5-14(9-13)24-11-19-21-22-24/h1,4-5,9-11H,2-3,6-8H2,(H,18,26). The van der Waals surface area contributed by atoms with Crippen LogP contribution in [0.2, 0.25) is 0 Å². The fourth-order valence-electron chi connectivity index (χ4n) is 3.05. The van der Waals surface area contributed by atoms with E-state index < -0.39 is 0 Å². The number of fused-ring (bicyclic) bond motifs is 1. The van der Waals surface area contributed by atoms with Crippen molar-refractivity contribution in [1.29, 1.82) is 0 Å². The lowest BCUT2D eigenvalue weighted by Crippen LogP contribution is -2.32. The van der Waals surface area contributed by atoms with Gasteiger partial charge in [0, 0.05) is 18.2 Å². The van der Waals surface area contributed by atoms with Crippen LogP contribution >= 0.6 is 0 Å². The van der Waals surface area contributed by atoms with Crippen LogP contribution in [0.1, 0.15) is 28.0 Å². The van der Waals surface area contributed by atoms with Gasteiger partial charge in [0.1, 0.15) is 6.33 Å². The maximum absolute atomic E-state index is 12.3. The number of benzene rings is 1. The number of amides is 1.